The third-order valence-corrected chi connectivity index (χ3v) is 7.26. The molecular formula is C31H31N5O3. The van der Waals surface area contributed by atoms with Crippen LogP contribution in [0.4, 0.5) is 4.79 Å². The minimum Gasteiger partial charge on any atom is -0.444 e. The molecule has 0 unspecified atom stereocenters. The number of benzene rings is 2. The van der Waals surface area contributed by atoms with Crippen LogP contribution in [0.3, 0.4) is 0 Å². The van der Waals surface area contributed by atoms with E-state index in [4.69, 9.17) is 9.72 Å². The maximum absolute atomic E-state index is 13.5. The highest BCUT2D eigenvalue weighted by molar-refractivity contribution is 6.04. The molecule has 0 spiro atoms. The van der Waals surface area contributed by atoms with Gasteiger partial charge in [-0.2, -0.15) is 0 Å². The Balaban J connectivity index is 1.40. The molecule has 1 atom stereocenters. The summed E-state index contributed by atoms with van der Waals surface area (Å²) >= 11 is 0. The van der Waals surface area contributed by atoms with Gasteiger partial charge in [0, 0.05) is 42.8 Å². The fourth-order valence-electron chi connectivity index (χ4n) is 5.33. The summed E-state index contributed by atoms with van der Waals surface area (Å²) in [5, 5.41) is 0.894. The van der Waals surface area contributed by atoms with Crippen LogP contribution in [0, 0.1) is 0 Å². The zero-order valence-corrected chi connectivity index (χ0v) is 22.6. The number of carbonyl (C=O) groups is 1. The molecule has 1 amide bonds. The molecule has 0 bridgehead atoms. The van der Waals surface area contributed by atoms with Crippen molar-refractivity contribution in [3.8, 4) is 22.4 Å². The summed E-state index contributed by atoms with van der Waals surface area (Å²) in [5.41, 5.74) is 5.67. The Labute approximate surface area is 226 Å². The first-order chi connectivity index (χ1) is 18.7. The van der Waals surface area contributed by atoms with Crippen molar-refractivity contribution in [3.63, 3.8) is 0 Å². The third-order valence-electron chi connectivity index (χ3n) is 7.26. The predicted octanol–water partition coefficient (Wildman–Crippen LogP) is 5.80. The van der Waals surface area contributed by atoms with Crippen molar-refractivity contribution >= 4 is 28.0 Å². The number of amides is 1. The van der Waals surface area contributed by atoms with E-state index in [9.17, 15) is 9.59 Å². The van der Waals surface area contributed by atoms with Crippen LogP contribution in [0.2, 0.25) is 0 Å². The van der Waals surface area contributed by atoms with Crippen LogP contribution in [0.15, 0.2) is 77.9 Å². The summed E-state index contributed by atoms with van der Waals surface area (Å²) in [7, 11) is 1.77. The van der Waals surface area contributed by atoms with Gasteiger partial charge in [-0.1, -0.05) is 42.5 Å². The number of carbonyl (C=O) groups excluding carboxylic acids is 1. The standard InChI is InChI=1S/C31H31N5O3/c1-31(2,3)39-30(38)35-15-14-23(19-35)36-28-24-16-21(10-13-26(24)33-18-27(28)34(4)29(36)37)22-11-12-25(32-17-22)20-8-6-5-7-9-20/h5-13,16-18,23H,14-15,19H2,1-4H3/t23-/m0/s1. The van der Waals surface area contributed by atoms with E-state index in [0.717, 1.165) is 44.3 Å². The molecule has 6 rings (SSSR count). The Morgan fingerprint density at radius 1 is 0.949 bits per heavy atom. The monoisotopic (exact) mass is 521 g/mol. The van der Waals surface area contributed by atoms with Crippen LogP contribution >= 0.6 is 0 Å². The van der Waals surface area contributed by atoms with Gasteiger partial charge in [-0.05, 0) is 51.0 Å². The zero-order chi connectivity index (χ0) is 27.3. The van der Waals surface area contributed by atoms with Crippen LogP contribution in [0.5, 0.6) is 0 Å². The molecule has 5 aromatic rings. The first-order valence-electron chi connectivity index (χ1n) is 13.2. The van der Waals surface area contributed by atoms with Crippen molar-refractivity contribution in [2.75, 3.05) is 13.1 Å². The molecule has 8 heteroatoms. The summed E-state index contributed by atoms with van der Waals surface area (Å²) in [4.78, 5) is 37.3. The van der Waals surface area contributed by atoms with Gasteiger partial charge in [0.15, 0.2) is 0 Å². The second-order valence-corrected chi connectivity index (χ2v) is 11.1. The molecular weight excluding hydrogens is 490 g/mol. The first kappa shape index (κ1) is 24.9. The van der Waals surface area contributed by atoms with Gasteiger partial charge in [-0.15, -0.1) is 0 Å². The Bertz CT molecular complexity index is 1750. The minimum atomic E-state index is -0.572. The fourth-order valence-corrected chi connectivity index (χ4v) is 5.33. The third kappa shape index (κ3) is 4.56. The molecule has 8 nitrogen and oxygen atoms in total. The lowest BCUT2D eigenvalue weighted by atomic mass is 10.0. The topological polar surface area (TPSA) is 82.2 Å². The molecule has 39 heavy (non-hydrogen) atoms. The van der Waals surface area contributed by atoms with Crippen molar-refractivity contribution in [3.05, 3.63) is 83.5 Å². The lowest BCUT2D eigenvalue weighted by Gasteiger charge is -2.24. The molecule has 198 valence electrons. The molecule has 1 saturated heterocycles. The highest BCUT2D eigenvalue weighted by Crippen LogP contribution is 2.32. The maximum Gasteiger partial charge on any atom is 0.410 e. The van der Waals surface area contributed by atoms with Crippen LogP contribution in [0.1, 0.15) is 33.2 Å². The summed E-state index contributed by atoms with van der Waals surface area (Å²) in [6.07, 6.45) is 3.96. The number of pyridine rings is 2. The Hall–Kier alpha value is -4.46. The van der Waals surface area contributed by atoms with E-state index in [1.807, 2.05) is 80.1 Å². The van der Waals surface area contributed by atoms with Gasteiger partial charge in [0.05, 0.1) is 34.5 Å². The molecule has 2 aromatic carbocycles. The lowest BCUT2D eigenvalue weighted by molar-refractivity contribution is 0.0289. The van der Waals surface area contributed by atoms with Gasteiger partial charge in [-0.25, -0.2) is 9.59 Å². The van der Waals surface area contributed by atoms with Crippen molar-refractivity contribution in [2.45, 2.75) is 38.8 Å². The number of aromatic nitrogens is 4. The van der Waals surface area contributed by atoms with Crippen LogP contribution in [0.25, 0.3) is 44.3 Å². The number of likely N-dealkylation sites (tertiary alicyclic amines) is 1. The first-order valence-corrected chi connectivity index (χ1v) is 13.2. The molecule has 3 aromatic heterocycles. The lowest BCUT2D eigenvalue weighted by Crippen LogP contribution is -2.36. The van der Waals surface area contributed by atoms with E-state index < -0.39 is 5.60 Å². The second kappa shape index (κ2) is 9.38. The summed E-state index contributed by atoms with van der Waals surface area (Å²) < 4.78 is 9.06. The fraction of sp³-hybridized carbons (Fsp3) is 0.290. The molecule has 0 radical (unpaired) electrons. The van der Waals surface area contributed by atoms with E-state index in [-0.39, 0.29) is 17.8 Å². The molecule has 1 fully saturated rings. The Morgan fingerprint density at radius 3 is 2.44 bits per heavy atom. The van der Waals surface area contributed by atoms with Crippen molar-refractivity contribution in [1.82, 2.24) is 24.0 Å². The number of fused-ring (bicyclic) bond motifs is 3. The second-order valence-electron chi connectivity index (χ2n) is 11.1. The molecule has 1 aliphatic heterocycles. The van der Waals surface area contributed by atoms with E-state index in [2.05, 4.69) is 17.1 Å². The largest absolute Gasteiger partial charge is 0.444 e. The normalized spacial score (nSPS) is 15.8. The number of nitrogens with zero attached hydrogens (tertiary/aromatic N) is 5. The minimum absolute atomic E-state index is 0.116. The number of aryl methyl sites for hydroxylation is 1. The van der Waals surface area contributed by atoms with E-state index >= 15 is 0 Å². The average Bonchev–Trinajstić information content (AvgIpc) is 3.51. The molecule has 4 heterocycles. The molecule has 1 aliphatic rings. The maximum atomic E-state index is 13.5. The van der Waals surface area contributed by atoms with Crippen molar-refractivity contribution in [2.24, 2.45) is 7.05 Å². The molecule has 0 N–H and O–H groups in total. The highest BCUT2D eigenvalue weighted by atomic mass is 16.6. The SMILES string of the molecule is Cn1c(=O)n([C@H]2CCN(C(=O)OC(C)(C)C)C2)c2c3cc(-c4ccc(-c5ccccc5)nc4)ccc3ncc21. The summed E-state index contributed by atoms with van der Waals surface area (Å²) in [6, 6.07) is 20.1. The van der Waals surface area contributed by atoms with Crippen LogP contribution in [-0.2, 0) is 11.8 Å². The van der Waals surface area contributed by atoms with Gasteiger partial charge in [0.2, 0.25) is 0 Å². The Morgan fingerprint density at radius 2 is 1.72 bits per heavy atom. The van der Waals surface area contributed by atoms with Crippen molar-refractivity contribution < 1.29 is 9.53 Å². The number of imidazole rings is 1. The number of ether oxygens (including phenoxy) is 1. The number of rotatable bonds is 3. The van der Waals surface area contributed by atoms with Crippen LogP contribution < -0.4 is 5.69 Å². The van der Waals surface area contributed by atoms with Gasteiger partial charge in [0.25, 0.3) is 0 Å². The smallest absolute Gasteiger partial charge is 0.410 e. The van der Waals surface area contributed by atoms with E-state index in [0.29, 0.717) is 19.5 Å². The average molecular weight is 522 g/mol. The quantitative estimate of drug-likeness (QED) is 0.300. The summed E-state index contributed by atoms with van der Waals surface area (Å²) in [6.45, 7) is 6.53. The van der Waals surface area contributed by atoms with Crippen LogP contribution in [-0.4, -0.2) is 48.8 Å². The molecule has 0 aliphatic carbocycles. The van der Waals surface area contributed by atoms with Gasteiger partial charge < -0.3 is 9.64 Å². The Kier molecular flexibility index (Phi) is 5.98. The predicted molar refractivity (Wildman–Crippen MR) is 153 cm³/mol. The number of hydrogen-bond acceptors (Lipinski definition) is 5. The highest BCUT2D eigenvalue weighted by Gasteiger charge is 2.33. The van der Waals surface area contributed by atoms with E-state index in [1.54, 1.807) is 22.7 Å². The number of hydrogen-bond donors (Lipinski definition) is 0. The van der Waals surface area contributed by atoms with Gasteiger partial charge in [-0.3, -0.25) is 19.1 Å². The van der Waals surface area contributed by atoms with Crippen molar-refractivity contribution in [1.29, 1.82) is 0 Å². The zero-order valence-electron chi connectivity index (χ0n) is 22.6. The van der Waals surface area contributed by atoms with Gasteiger partial charge in [0.1, 0.15) is 5.60 Å². The molecule has 0 saturated carbocycles. The summed E-state index contributed by atoms with van der Waals surface area (Å²) in [5.74, 6) is 0. The van der Waals surface area contributed by atoms with Gasteiger partial charge >= 0.3 is 11.8 Å². The van der Waals surface area contributed by atoms with E-state index in [1.165, 1.54) is 0 Å².